The molecule has 1 saturated carbocycles. The summed E-state index contributed by atoms with van der Waals surface area (Å²) in [6.07, 6.45) is 5.67. The van der Waals surface area contributed by atoms with Gasteiger partial charge in [0.05, 0.1) is 12.2 Å². The second-order valence-electron chi connectivity index (χ2n) is 7.49. The maximum absolute atomic E-state index is 13.1. The molecule has 0 atom stereocenters. The van der Waals surface area contributed by atoms with E-state index >= 15 is 0 Å². The molecule has 0 bridgehead atoms. The third kappa shape index (κ3) is 4.32. The fourth-order valence-electron chi connectivity index (χ4n) is 4.03. The lowest BCUT2D eigenvalue weighted by molar-refractivity contribution is -0.134. The molecule has 0 spiro atoms. The second kappa shape index (κ2) is 8.12. The van der Waals surface area contributed by atoms with E-state index in [1.165, 1.54) is 37.8 Å². The van der Waals surface area contributed by atoms with Crippen molar-refractivity contribution in [3.05, 3.63) is 35.9 Å². The predicted octanol–water partition coefficient (Wildman–Crippen LogP) is 2.03. The number of benzene rings is 1. The number of halogens is 1. The normalized spacial score (nSPS) is 18.9. The van der Waals surface area contributed by atoms with E-state index in [1.54, 1.807) is 16.8 Å². The van der Waals surface area contributed by atoms with Crippen molar-refractivity contribution in [3.8, 4) is 5.69 Å². The molecule has 0 unspecified atom stereocenters. The molecule has 1 aromatic heterocycles. The van der Waals surface area contributed by atoms with Gasteiger partial charge in [-0.25, -0.2) is 4.39 Å². The van der Waals surface area contributed by atoms with Crippen molar-refractivity contribution in [2.45, 2.75) is 38.6 Å². The zero-order valence-corrected chi connectivity index (χ0v) is 15.4. The predicted molar refractivity (Wildman–Crippen MR) is 97.5 cm³/mol. The van der Waals surface area contributed by atoms with Crippen LogP contribution in [0, 0.1) is 11.7 Å². The van der Waals surface area contributed by atoms with Gasteiger partial charge in [0, 0.05) is 32.6 Å². The first-order valence-corrected chi connectivity index (χ1v) is 9.72. The molecular weight excluding hydrogens is 347 g/mol. The molecule has 1 saturated heterocycles. The van der Waals surface area contributed by atoms with Gasteiger partial charge in [0.25, 0.3) is 0 Å². The van der Waals surface area contributed by atoms with Gasteiger partial charge in [0.1, 0.15) is 5.82 Å². The Bertz CT molecular complexity index is 763. The Labute approximate surface area is 158 Å². The number of nitrogens with zero attached hydrogens (tertiary/aromatic N) is 6. The minimum atomic E-state index is -0.285. The molecule has 2 aliphatic rings. The quantitative estimate of drug-likeness (QED) is 0.803. The van der Waals surface area contributed by atoms with Crippen LogP contribution in [-0.4, -0.2) is 62.1 Å². The largest absolute Gasteiger partial charge is 0.340 e. The van der Waals surface area contributed by atoms with Crippen molar-refractivity contribution in [2.24, 2.45) is 5.92 Å². The maximum Gasteiger partial charge on any atom is 0.222 e. The Morgan fingerprint density at radius 2 is 1.78 bits per heavy atom. The van der Waals surface area contributed by atoms with E-state index in [2.05, 4.69) is 20.4 Å². The molecule has 2 fully saturated rings. The van der Waals surface area contributed by atoms with Crippen LogP contribution in [0.1, 0.15) is 37.9 Å². The van der Waals surface area contributed by atoms with E-state index < -0.39 is 0 Å². The first-order valence-electron chi connectivity index (χ1n) is 9.72. The minimum absolute atomic E-state index is 0.285. The number of amides is 1. The smallest absolute Gasteiger partial charge is 0.222 e. The molecule has 27 heavy (non-hydrogen) atoms. The summed E-state index contributed by atoms with van der Waals surface area (Å²) in [6.45, 7) is 3.74. The highest BCUT2D eigenvalue weighted by Crippen LogP contribution is 2.28. The molecule has 4 rings (SSSR count). The lowest BCUT2D eigenvalue weighted by Gasteiger charge is -2.34. The number of piperazine rings is 1. The van der Waals surface area contributed by atoms with E-state index in [0.29, 0.717) is 30.6 Å². The molecule has 2 aromatic rings. The molecule has 8 heteroatoms. The number of carbonyl (C=O) groups excluding carboxylic acids is 1. The van der Waals surface area contributed by atoms with Crippen LogP contribution in [-0.2, 0) is 11.3 Å². The fourth-order valence-corrected chi connectivity index (χ4v) is 4.03. The van der Waals surface area contributed by atoms with Crippen molar-refractivity contribution in [2.75, 3.05) is 26.2 Å². The number of hydrogen-bond donors (Lipinski definition) is 0. The van der Waals surface area contributed by atoms with E-state index in [4.69, 9.17) is 0 Å². The minimum Gasteiger partial charge on any atom is -0.340 e. The Kier molecular flexibility index (Phi) is 5.42. The van der Waals surface area contributed by atoms with Crippen LogP contribution in [0.15, 0.2) is 24.3 Å². The van der Waals surface area contributed by atoms with Crippen LogP contribution in [0.5, 0.6) is 0 Å². The topological polar surface area (TPSA) is 67.2 Å². The zero-order chi connectivity index (χ0) is 18.6. The summed E-state index contributed by atoms with van der Waals surface area (Å²) >= 11 is 0. The molecule has 0 N–H and O–H groups in total. The summed E-state index contributed by atoms with van der Waals surface area (Å²) in [5, 5.41) is 11.9. The van der Waals surface area contributed by atoms with Gasteiger partial charge in [0.15, 0.2) is 5.82 Å². The Morgan fingerprint density at radius 3 is 2.48 bits per heavy atom. The molecule has 2 heterocycles. The number of aromatic nitrogens is 4. The lowest BCUT2D eigenvalue weighted by atomic mass is 10.0. The third-order valence-electron chi connectivity index (χ3n) is 5.63. The summed E-state index contributed by atoms with van der Waals surface area (Å²) in [6, 6.07) is 6.12. The number of rotatable bonds is 5. The summed E-state index contributed by atoms with van der Waals surface area (Å²) < 4.78 is 14.8. The molecule has 1 amide bonds. The van der Waals surface area contributed by atoms with Crippen molar-refractivity contribution >= 4 is 5.91 Å². The zero-order valence-electron chi connectivity index (χ0n) is 15.4. The third-order valence-corrected chi connectivity index (χ3v) is 5.63. The Balaban J connectivity index is 1.31. The molecule has 0 radical (unpaired) electrons. The van der Waals surface area contributed by atoms with Gasteiger partial charge in [-0.1, -0.05) is 12.8 Å². The van der Waals surface area contributed by atoms with Gasteiger partial charge >= 0.3 is 0 Å². The van der Waals surface area contributed by atoms with Gasteiger partial charge in [0.2, 0.25) is 5.91 Å². The van der Waals surface area contributed by atoms with Crippen molar-refractivity contribution < 1.29 is 9.18 Å². The van der Waals surface area contributed by atoms with Crippen LogP contribution < -0.4 is 0 Å². The van der Waals surface area contributed by atoms with E-state index in [1.807, 2.05) is 4.90 Å². The molecule has 1 aliphatic carbocycles. The van der Waals surface area contributed by atoms with Crippen molar-refractivity contribution in [1.82, 2.24) is 30.0 Å². The van der Waals surface area contributed by atoms with Crippen LogP contribution in [0.3, 0.4) is 0 Å². The summed E-state index contributed by atoms with van der Waals surface area (Å²) in [7, 11) is 0. The van der Waals surface area contributed by atoms with Crippen LogP contribution in [0.25, 0.3) is 5.69 Å². The first kappa shape index (κ1) is 18.0. The second-order valence-corrected chi connectivity index (χ2v) is 7.49. The highest BCUT2D eigenvalue weighted by atomic mass is 19.1. The van der Waals surface area contributed by atoms with Gasteiger partial charge in [-0.05, 0) is 53.5 Å². The lowest BCUT2D eigenvalue weighted by Crippen LogP contribution is -2.48. The van der Waals surface area contributed by atoms with Crippen LogP contribution in [0.2, 0.25) is 0 Å². The highest BCUT2D eigenvalue weighted by Gasteiger charge is 2.26. The fraction of sp³-hybridized carbons (Fsp3) is 0.579. The van der Waals surface area contributed by atoms with Crippen LogP contribution >= 0.6 is 0 Å². The Morgan fingerprint density at radius 1 is 1.07 bits per heavy atom. The van der Waals surface area contributed by atoms with E-state index in [0.717, 1.165) is 31.9 Å². The summed E-state index contributed by atoms with van der Waals surface area (Å²) in [5.41, 5.74) is 0.738. The average molecular weight is 372 g/mol. The molecular formula is C19H25FN6O. The van der Waals surface area contributed by atoms with Crippen LogP contribution in [0.4, 0.5) is 4.39 Å². The van der Waals surface area contributed by atoms with Crippen molar-refractivity contribution in [3.63, 3.8) is 0 Å². The highest BCUT2D eigenvalue weighted by molar-refractivity contribution is 5.76. The van der Waals surface area contributed by atoms with Gasteiger partial charge in [-0.15, -0.1) is 5.10 Å². The van der Waals surface area contributed by atoms with Gasteiger partial charge < -0.3 is 4.90 Å². The van der Waals surface area contributed by atoms with E-state index in [9.17, 15) is 9.18 Å². The summed E-state index contributed by atoms with van der Waals surface area (Å²) in [4.78, 5) is 16.7. The monoisotopic (exact) mass is 372 g/mol. The summed E-state index contributed by atoms with van der Waals surface area (Å²) in [5.74, 6) is 1.33. The molecule has 1 aliphatic heterocycles. The first-order chi connectivity index (χ1) is 13.2. The molecule has 7 nitrogen and oxygen atoms in total. The Hall–Kier alpha value is -2.35. The SMILES string of the molecule is O=C(CC1CCCC1)N1CCN(Cc2nnnn2-c2ccc(F)cc2)CC1. The average Bonchev–Trinajstić information content (AvgIpc) is 3.35. The van der Waals surface area contributed by atoms with Gasteiger partial charge in [-0.3, -0.25) is 9.69 Å². The van der Waals surface area contributed by atoms with E-state index in [-0.39, 0.29) is 5.82 Å². The number of carbonyl (C=O) groups is 1. The maximum atomic E-state index is 13.1. The molecule has 144 valence electrons. The number of tetrazole rings is 1. The standard InChI is InChI=1S/C19H25FN6O/c20-16-5-7-17(8-6-16)26-18(21-22-23-26)14-24-9-11-25(12-10-24)19(27)13-15-3-1-2-4-15/h5-8,15H,1-4,9-14H2. The van der Waals surface area contributed by atoms with Gasteiger partial charge in [-0.2, -0.15) is 4.68 Å². The molecule has 1 aromatic carbocycles. The number of hydrogen-bond acceptors (Lipinski definition) is 5. The van der Waals surface area contributed by atoms with Crippen molar-refractivity contribution in [1.29, 1.82) is 0 Å².